The Morgan fingerprint density at radius 3 is 2.79 bits per heavy atom. The standard InChI is InChI=1S/C14H19N5/c1-11-12(8-13(9-15)19(11)3)10-16-5-4-14-17-6-7-18(14)2/h6-8,16H,4-5,10H2,1-3H3. The predicted molar refractivity (Wildman–Crippen MR) is 73.5 cm³/mol. The fourth-order valence-corrected chi connectivity index (χ4v) is 2.11. The Bertz CT molecular complexity index is 600. The highest BCUT2D eigenvalue weighted by molar-refractivity contribution is 5.34. The van der Waals surface area contributed by atoms with Crippen LogP contribution in [0.4, 0.5) is 0 Å². The number of aromatic nitrogens is 3. The quantitative estimate of drug-likeness (QED) is 0.821. The molecule has 0 aliphatic heterocycles. The van der Waals surface area contributed by atoms with Gasteiger partial charge in [-0.15, -0.1) is 0 Å². The van der Waals surface area contributed by atoms with Gasteiger partial charge in [0.25, 0.3) is 0 Å². The third-order valence-corrected chi connectivity index (χ3v) is 3.52. The molecule has 2 rings (SSSR count). The van der Waals surface area contributed by atoms with Gasteiger partial charge in [0.1, 0.15) is 17.6 Å². The zero-order chi connectivity index (χ0) is 13.8. The monoisotopic (exact) mass is 257 g/mol. The van der Waals surface area contributed by atoms with Crippen LogP contribution >= 0.6 is 0 Å². The summed E-state index contributed by atoms with van der Waals surface area (Å²) < 4.78 is 3.96. The van der Waals surface area contributed by atoms with Crippen molar-refractivity contribution in [3.8, 4) is 6.07 Å². The summed E-state index contributed by atoms with van der Waals surface area (Å²) in [5, 5.41) is 12.4. The minimum absolute atomic E-state index is 0.707. The summed E-state index contributed by atoms with van der Waals surface area (Å²) in [5.74, 6) is 1.08. The molecule has 0 bridgehead atoms. The zero-order valence-electron chi connectivity index (χ0n) is 11.6. The first kappa shape index (κ1) is 13.4. The summed E-state index contributed by atoms with van der Waals surface area (Å²) >= 11 is 0. The first-order chi connectivity index (χ1) is 9.13. The van der Waals surface area contributed by atoms with Crippen LogP contribution in [0, 0.1) is 18.3 Å². The van der Waals surface area contributed by atoms with Gasteiger partial charge in [-0.2, -0.15) is 5.26 Å². The van der Waals surface area contributed by atoms with Crippen LogP contribution in [0.5, 0.6) is 0 Å². The Morgan fingerprint density at radius 1 is 1.42 bits per heavy atom. The average molecular weight is 257 g/mol. The fourth-order valence-electron chi connectivity index (χ4n) is 2.11. The van der Waals surface area contributed by atoms with Gasteiger partial charge in [-0.3, -0.25) is 0 Å². The van der Waals surface area contributed by atoms with Crippen LogP contribution in [0.15, 0.2) is 18.5 Å². The molecule has 5 nitrogen and oxygen atoms in total. The molecule has 1 N–H and O–H groups in total. The van der Waals surface area contributed by atoms with Crippen LogP contribution in [0.25, 0.3) is 0 Å². The average Bonchev–Trinajstić information content (AvgIpc) is 2.92. The first-order valence-corrected chi connectivity index (χ1v) is 6.35. The predicted octanol–water partition coefficient (Wildman–Crippen LogP) is 1.27. The first-order valence-electron chi connectivity index (χ1n) is 6.35. The van der Waals surface area contributed by atoms with E-state index in [1.807, 2.05) is 48.6 Å². The molecular weight excluding hydrogens is 238 g/mol. The Balaban J connectivity index is 1.87. The van der Waals surface area contributed by atoms with E-state index in [1.165, 1.54) is 5.56 Å². The number of nitrogens with one attached hydrogen (secondary N) is 1. The lowest BCUT2D eigenvalue weighted by Crippen LogP contribution is -2.18. The highest BCUT2D eigenvalue weighted by Gasteiger charge is 2.08. The van der Waals surface area contributed by atoms with Gasteiger partial charge >= 0.3 is 0 Å². The van der Waals surface area contributed by atoms with Crippen molar-refractivity contribution < 1.29 is 0 Å². The molecule has 2 heterocycles. The van der Waals surface area contributed by atoms with E-state index in [9.17, 15) is 0 Å². The van der Waals surface area contributed by atoms with Crippen LogP contribution in [0.3, 0.4) is 0 Å². The van der Waals surface area contributed by atoms with Crippen molar-refractivity contribution >= 4 is 0 Å². The van der Waals surface area contributed by atoms with Crippen LogP contribution < -0.4 is 5.32 Å². The second-order valence-electron chi connectivity index (χ2n) is 4.69. The Hall–Kier alpha value is -2.06. The molecule has 0 aliphatic rings. The van der Waals surface area contributed by atoms with E-state index in [1.54, 1.807) is 0 Å². The minimum atomic E-state index is 0.707. The Morgan fingerprint density at radius 2 is 2.21 bits per heavy atom. The molecule has 0 atom stereocenters. The van der Waals surface area contributed by atoms with Gasteiger partial charge < -0.3 is 14.5 Å². The van der Waals surface area contributed by atoms with Crippen LogP contribution in [-0.4, -0.2) is 20.7 Å². The molecule has 0 saturated heterocycles. The summed E-state index contributed by atoms with van der Waals surface area (Å²) in [6.45, 7) is 3.70. The van der Waals surface area contributed by atoms with Crippen molar-refractivity contribution in [2.45, 2.75) is 19.9 Å². The van der Waals surface area contributed by atoms with Gasteiger partial charge in [0.05, 0.1) is 0 Å². The van der Waals surface area contributed by atoms with E-state index in [-0.39, 0.29) is 0 Å². The number of rotatable bonds is 5. The molecule has 0 aromatic carbocycles. The lowest BCUT2D eigenvalue weighted by Gasteiger charge is -2.05. The number of aryl methyl sites for hydroxylation is 1. The molecule has 2 aromatic rings. The van der Waals surface area contributed by atoms with Crippen molar-refractivity contribution in [1.82, 2.24) is 19.4 Å². The Kier molecular flexibility index (Phi) is 4.03. The van der Waals surface area contributed by atoms with E-state index in [2.05, 4.69) is 16.4 Å². The van der Waals surface area contributed by atoms with Gasteiger partial charge in [0.15, 0.2) is 0 Å². The Labute approximate surface area is 113 Å². The molecule has 0 saturated carbocycles. The third-order valence-electron chi connectivity index (χ3n) is 3.52. The summed E-state index contributed by atoms with van der Waals surface area (Å²) in [7, 11) is 3.92. The molecule has 5 heteroatoms. The van der Waals surface area contributed by atoms with Gasteiger partial charge in [-0.05, 0) is 18.6 Å². The maximum Gasteiger partial charge on any atom is 0.120 e. The third kappa shape index (κ3) is 2.85. The summed E-state index contributed by atoms with van der Waals surface area (Å²) in [4.78, 5) is 4.29. The maximum absolute atomic E-state index is 8.98. The molecule has 0 amide bonds. The van der Waals surface area contributed by atoms with Gasteiger partial charge in [0.2, 0.25) is 0 Å². The molecule has 0 spiro atoms. The van der Waals surface area contributed by atoms with Crippen molar-refractivity contribution in [3.63, 3.8) is 0 Å². The molecule has 0 unspecified atom stereocenters. The van der Waals surface area contributed by atoms with E-state index in [0.29, 0.717) is 5.69 Å². The molecule has 0 aliphatic carbocycles. The second kappa shape index (κ2) is 5.72. The van der Waals surface area contributed by atoms with E-state index >= 15 is 0 Å². The number of hydrogen-bond donors (Lipinski definition) is 1. The van der Waals surface area contributed by atoms with Crippen LogP contribution in [0.1, 0.15) is 22.8 Å². The normalized spacial score (nSPS) is 10.6. The molecule has 0 radical (unpaired) electrons. The SMILES string of the molecule is Cc1c(CNCCc2nccn2C)cc(C#N)n1C. The van der Waals surface area contributed by atoms with E-state index in [4.69, 9.17) is 5.26 Å². The largest absolute Gasteiger partial charge is 0.340 e. The van der Waals surface area contributed by atoms with Crippen LogP contribution in [-0.2, 0) is 27.1 Å². The van der Waals surface area contributed by atoms with Crippen LogP contribution in [0.2, 0.25) is 0 Å². The number of nitrogens with zero attached hydrogens (tertiary/aromatic N) is 4. The molecule has 2 aromatic heterocycles. The maximum atomic E-state index is 8.98. The van der Waals surface area contributed by atoms with Gasteiger partial charge in [0, 0.05) is 51.7 Å². The minimum Gasteiger partial charge on any atom is -0.340 e. The number of nitriles is 1. The molecule has 0 fully saturated rings. The van der Waals surface area contributed by atoms with Gasteiger partial charge in [-0.25, -0.2) is 4.98 Å². The second-order valence-corrected chi connectivity index (χ2v) is 4.69. The summed E-state index contributed by atoms with van der Waals surface area (Å²) in [6, 6.07) is 4.15. The summed E-state index contributed by atoms with van der Waals surface area (Å²) in [6.07, 6.45) is 4.67. The lowest BCUT2D eigenvalue weighted by molar-refractivity contribution is 0.652. The van der Waals surface area contributed by atoms with Crippen molar-refractivity contribution in [1.29, 1.82) is 5.26 Å². The highest BCUT2D eigenvalue weighted by atomic mass is 15.0. The summed E-state index contributed by atoms with van der Waals surface area (Å²) in [5.41, 5.74) is 3.03. The molecular formula is C14H19N5. The molecule has 100 valence electrons. The van der Waals surface area contributed by atoms with Crippen molar-refractivity contribution in [2.24, 2.45) is 14.1 Å². The van der Waals surface area contributed by atoms with Crippen molar-refractivity contribution in [2.75, 3.05) is 6.54 Å². The highest BCUT2D eigenvalue weighted by Crippen LogP contribution is 2.12. The fraction of sp³-hybridized carbons (Fsp3) is 0.429. The van der Waals surface area contributed by atoms with E-state index < -0.39 is 0 Å². The smallest absolute Gasteiger partial charge is 0.120 e. The van der Waals surface area contributed by atoms with Gasteiger partial charge in [-0.1, -0.05) is 0 Å². The number of imidazole rings is 1. The zero-order valence-corrected chi connectivity index (χ0v) is 11.6. The van der Waals surface area contributed by atoms with E-state index in [0.717, 1.165) is 31.0 Å². The molecule has 19 heavy (non-hydrogen) atoms. The van der Waals surface area contributed by atoms with Crippen molar-refractivity contribution in [3.05, 3.63) is 41.2 Å². The lowest BCUT2D eigenvalue weighted by atomic mass is 10.2. The number of hydrogen-bond acceptors (Lipinski definition) is 3. The topological polar surface area (TPSA) is 58.6 Å².